The van der Waals surface area contributed by atoms with Crippen molar-refractivity contribution < 1.29 is 9.59 Å². The van der Waals surface area contributed by atoms with Crippen LogP contribution in [0.5, 0.6) is 0 Å². The van der Waals surface area contributed by atoms with Crippen LogP contribution in [0.25, 0.3) is 0 Å². The molecule has 0 saturated heterocycles. The minimum atomic E-state index is -0.245. The molecular formula is C17H24ClN3O2. The number of hydrogen-bond donors (Lipinski definition) is 3. The number of carbonyl (C=O) groups is 2. The minimum absolute atomic E-state index is 0.0836. The van der Waals surface area contributed by atoms with Gasteiger partial charge in [0.15, 0.2) is 0 Å². The van der Waals surface area contributed by atoms with Crippen LogP contribution in [-0.2, 0) is 11.3 Å². The van der Waals surface area contributed by atoms with Crippen LogP contribution in [0.4, 0.5) is 4.79 Å². The molecule has 0 aliphatic heterocycles. The van der Waals surface area contributed by atoms with E-state index >= 15 is 0 Å². The second-order valence-corrected chi connectivity index (χ2v) is 6.38. The molecule has 1 saturated carbocycles. The Kier molecular flexibility index (Phi) is 7.20. The molecule has 1 aromatic carbocycles. The maximum Gasteiger partial charge on any atom is 0.315 e. The van der Waals surface area contributed by atoms with Crippen LogP contribution in [0.1, 0.15) is 37.7 Å². The molecule has 6 heteroatoms. The molecule has 1 aliphatic carbocycles. The first kappa shape index (κ1) is 17.6. The highest BCUT2D eigenvalue weighted by atomic mass is 35.5. The fourth-order valence-electron chi connectivity index (χ4n) is 2.77. The highest BCUT2D eigenvalue weighted by molar-refractivity contribution is 6.30. The maximum absolute atomic E-state index is 11.7. The van der Waals surface area contributed by atoms with E-state index in [4.69, 9.17) is 11.6 Å². The van der Waals surface area contributed by atoms with Crippen LogP contribution in [0, 0.1) is 5.92 Å². The van der Waals surface area contributed by atoms with Crippen LogP contribution in [-0.4, -0.2) is 25.0 Å². The number of hydrogen-bond acceptors (Lipinski definition) is 2. The number of urea groups is 1. The largest absolute Gasteiger partial charge is 0.354 e. The van der Waals surface area contributed by atoms with Crippen molar-refractivity contribution in [2.75, 3.05) is 13.1 Å². The fourth-order valence-corrected chi connectivity index (χ4v) is 2.90. The van der Waals surface area contributed by atoms with E-state index in [0.29, 0.717) is 37.0 Å². The molecule has 1 aliphatic rings. The van der Waals surface area contributed by atoms with Gasteiger partial charge in [-0.05, 0) is 36.5 Å². The predicted octanol–water partition coefficient (Wildman–Crippen LogP) is 2.84. The molecule has 3 N–H and O–H groups in total. The van der Waals surface area contributed by atoms with E-state index in [-0.39, 0.29) is 11.9 Å². The van der Waals surface area contributed by atoms with Gasteiger partial charge in [0.05, 0.1) is 0 Å². The highest BCUT2D eigenvalue weighted by Crippen LogP contribution is 2.27. The van der Waals surface area contributed by atoms with Crippen molar-refractivity contribution in [2.45, 2.75) is 38.6 Å². The van der Waals surface area contributed by atoms with Gasteiger partial charge in [-0.15, -0.1) is 0 Å². The molecule has 0 aromatic heterocycles. The molecule has 1 fully saturated rings. The van der Waals surface area contributed by atoms with Crippen LogP contribution >= 0.6 is 11.6 Å². The third-order valence-electron chi connectivity index (χ3n) is 4.05. The Morgan fingerprint density at radius 3 is 2.35 bits per heavy atom. The smallest absolute Gasteiger partial charge is 0.315 e. The number of nitrogens with one attached hydrogen (secondary N) is 3. The second kappa shape index (κ2) is 9.40. The number of amides is 3. The van der Waals surface area contributed by atoms with Crippen molar-refractivity contribution in [3.8, 4) is 0 Å². The van der Waals surface area contributed by atoms with E-state index in [1.807, 2.05) is 12.1 Å². The normalized spacial score (nSPS) is 14.5. The zero-order valence-electron chi connectivity index (χ0n) is 13.2. The summed E-state index contributed by atoms with van der Waals surface area (Å²) >= 11 is 5.80. The van der Waals surface area contributed by atoms with Gasteiger partial charge in [0.2, 0.25) is 5.91 Å². The summed E-state index contributed by atoms with van der Waals surface area (Å²) in [7, 11) is 0. The average Bonchev–Trinajstić information content (AvgIpc) is 3.04. The predicted molar refractivity (Wildman–Crippen MR) is 91.3 cm³/mol. The van der Waals surface area contributed by atoms with Crippen molar-refractivity contribution >= 4 is 23.5 Å². The topological polar surface area (TPSA) is 70.2 Å². The Bertz CT molecular complexity index is 513. The van der Waals surface area contributed by atoms with Gasteiger partial charge < -0.3 is 16.0 Å². The lowest BCUT2D eigenvalue weighted by Gasteiger charge is -2.11. The molecule has 0 radical (unpaired) electrons. The summed E-state index contributed by atoms with van der Waals surface area (Å²) in [4.78, 5) is 23.4. The van der Waals surface area contributed by atoms with Crippen molar-refractivity contribution in [2.24, 2.45) is 5.92 Å². The SMILES string of the molecule is O=C(CC1CCCC1)NCCNC(=O)NCc1ccc(Cl)cc1. The lowest BCUT2D eigenvalue weighted by Crippen LogP contribution is -2.40. The summed E-state index contributed by atoms with van der Waals surface area (Å²) in [6.45, 7) is 1.32. The van der Waals surface area contributed by atoms with E-state index in [1.165, 1.54) is 25.7 Å². The summed E-state index contributed by atoms with van der Waals surface area (Å²) < 4.78 is 0. The molecule has 3 amide bonds. The number of carbonyl (C=O) groups excluding carboxylic acids is 2. The summed E-state index contributed by atoms with van der Waals surface area (Å²) in [5, 5.41) is 9.00. The quantitative estimate of drug-likeness (QED) is 0.669. The molecule has 0 bridgehead atoms. The molecule has 126 valence electrons. The number of rotatable bonds is 7. The molecular weight excluding hydrogens is 314 g/mol. The Morgan fingerprint density at radius 2 is 1.65 bits per heavy atom. The Morgan fingerprint density at radius 1 is 1.00 bits per heavy atom. The minimum Gasteiger partial charge on any atom is -0.354 e. The van der Waals surface area contributed by atoms with E-state index in [1.54, 1.807) is 12.1 Å². The van der Waals surface area contributed by atoms with Crippen LogP contribution in [0.15, 0.2) is 24.3 Å². The van der Waals surface area contributed by atoms with Crippen molar-refractivity contribution in [3.63, 3.8) is 0 Å². The number of halogens is 1. The van der Waals surface area contributed by atoms with Crippen LogP contribution < -0.4 is 16.0 Å². The Hall–Kier alpha value is -1.75. The van der Waals surface area contributed by atoms with Gasteiger partial charge in [-0.25, -0.2) is 4.79 Å². The molecule has 5 nitrogen and oxygen atoms in total. The maximum atomic E-state index is 11.7. The highest BCUT2D eigenvalue weighted by Gasteiger charge is 2.17. The summed E-state index contributed by atoms with van der Waals surface area (Å²) in [5.74, 6) is 0.630. The monoisotopic (exact) mass is 337 g/mol. The second-order valence-electron chi connectivity index (χ2n) is 5.94. The summed E-state index contributed by atoms with van der Waals surface area (Å²) in [6.07, 6.45) is 5.43. The lowest BCUT2D eigenvalue weighted by atomic mass is 10.0. The average molecular weight is 338 g/mol. The molecule has 0 atom stereocenters. The Balaban J connectivity index is 1.52. The first-order chi connectivity index (χ1) is 11.1. The third-order valence-corrected chi connectivity index (χ3v) is 4.30. The van der Waals surface area contributed by atoms with Gasteiger partial charge >= 0.3 is 6.03 Å². The third kappa shape index (κ3) is 6.91. The van der Waals surface area contributed by atoms with E-state index in [9.17, 15) is 9.59 Å². The summed E-state index contributed by atoms with van der Waals surface area (Å²) in [6, 6.07) is 7.06. The summed E-state index contributed by atoms with van der Waals surface area (Å²) in [5.41, 5.74) is 0.981. The first-order valence-corrected chi connectivity index (χ1v) is 8.54. The standard InChI is InChI=1S/C17H24ClN3O2/c18-15-7-5-14(6-8-15)12-21-17(23)20-10-9-19-16(22)11-13-3-1-2-4-13/h5-8,13H,1-4,9-12H2,(H,19,22)(H2,20,21,23). The van der Waals surface area contributed by atoms with Crippen molar-refractivity contribution in [1.29, 1.82) is 0 Å². The molecule has 1 aromatic rings. The van der Waals surface area contributed by atoms with E-state index < -0.39 is 0 Å². The van der Waals surface area contributed by atoms with Crippen molar-refractivity contribution in [1.82, 2.24) is 16.0 Å². The van der Waals surface area contributed by atoms with Gasteiger partial charge in [0.1, 0.15) is 0 Å². The first-order valence-electron chi connectivity index (χ1n) is 8.16. The molecule has 2 rings (SSSR count). The van der Waals surface area contributed by atoms with Gasteiger partial charge in [0, 0.05) is 31.1 Å². The number of benzene rings is 1. The van der Waals surface area contributed by atoms with Gasteiger partial charge in [-0.3, -0.25) is 4.79 Å². The Labute approximate surface area is 142 Å². The lowest BCUT2D eigenvalue weighted by molar-refractivity contribution is -0.121. The zero-order valence-corrected chi connectivity index (χ0v) is 14.0. The van der Waals surface area contributed by atoms with Crippen LogP contribution in [0.2, 0.25) is 5.02 Å². The molecule has 0 heterocycles. The van der Waals surface area contributed by atoms with E-state index in [2.05, 4.69) is 16.0 Å². The molecule has 0 unspecified atom stereocenters. The fraction of sp³-hybridized carbons (Fsp3) is 0.529. The van der Waals surface area contributed by atoms with Crippen molar-refractivity contribution in [3.05, 3.63) is 34.9 Å². The van der Waals surface area contributed by atoms with Gasteiger partial charge in [-0.1, -0.05) is 36.6 Å². The molecule has 23 heavy (non-hydrogen) atoms. The van der Waals surface area contributed by atoms with Gasteiger partial charge in [0.25, 0.3) is 0 Å². The van der Waals surface area contributed by atoms with Crippen LogP contribution in [0.3, 0.4) is 0 Å². The van der Waals surface area contributed by atoms with Gasteiger partial charge in [-0.2, -0.15) is 0 Å². The van der Waals surface area contributed by atoms with E-state index in [0.717, 1.165) is 5.56 Å². The zero-order chi connectivity index (χ0) is 16.5. The molecule has 0 spiro atoms.